The van der Waals surface area contributed by atoms with Crippen molar-refractivity contribution in [3.05, 3.63) is 34.6 Å². The number of hydrogen-bond donors (Lipinski definition) is 0. The van der Waals surface area contributed by atoms with Crippen LogP contribution >= 0.6 is 0 Å². The summed E-state index contributed by atoms with van der Waals surface area (Å²) < 4.78 is 53.0. The minimum Gasteiger partial charge on any atom is -0.206 e. The van der Waals surface area contributed by atoms with E-state index in [1.54, 1.807) is 0 Å². The summed E-state index contributed by atoms with van der Waals surface area (Å²) in [7, 11) is 0. The van der Waals surface area contributed by atoms with Crippen LogP contribution in [0.2, 0.25) is 0 Å². The molecule has 0 amide bonds. The smallest absolute Gasteiger partial charge is 0.206 e. The van der Waals surface area contributed by atoms with Crippen LogP contribution in [0.5, 0.6) is 0 Å². The second-order valence-electron chi connectivity index (χ2n) is 10.3. The van der Waals surface area contributed by atoms with Crippen molar-refractivity contribution in [3.63, 3.8) is 0 Å². The van der Waals surface area contributed by atoms with Gasteiger partial charge in [-0.15, -0.1) is 0 Å². The number of rotatable bonds is 4. The Morgan fingerprint density at radius 3 is 1.90 bits per heavy atom. The van der Waals surface area contributed by atoms with Crippen LogP contribution in [0.25, 0.3) is 0 Å². The molecule has 0 N–H and O–H groups in total. The maximum Gasteiger partial charge on any atom is 0.419 e. The molecule has 4 heteroatoms. The van der Waals surface area contributed by atoms with Crippen molar-refractivity contribution in [3.8, 4) is 0 Å². The van der Waals surface area contributed by atoms with Gasteiger partial charge in [0.25, 0.3) is 0 Å². The number of fused-ring (bicyclic) bond motifs is 1. The lowest BCUT2D eigenvalue weighted by Gasteiger charge is -2.41. The largest absolute Gasteiger partial charge is 0.419 e. The second-order valence-corrected chi connectivity index (χ2v) is 10.3. The maximum absolute atomic E-state index is 14.1. The summed E-state index contributed by atoms with van der Waals surface area (Å²) >= 11 is 0. The molecule has 168 valence electrons. The molecule has 1 aromatic carbocycles. The van der Waals surface area contributed by atoms with Crippen LogP contribution in [0, 0.1) is 35.4 Å². The van der Waals surface area contributed by atoms with Gasteiger partial charge in [-0.25, -0.2) is 4.39 Å². The molecule has 0 heterocycles. The summed E-state index contributed by atoms with van der Waals surface area (Å²) in [6, 6.07) is 2.23. The molecular formula is C26H36F4. The quantitative estimate of drug-likeness (QED) is 0.426. The highest BCUT2D eigenvalue weighted by molar-refractivity contribution is 5.36. The first-order valence-corrected chi connectivity index (χ1v) is 12.2. The molecule has 0 radical (unpaired) electrons. The first-order valence-electron chi connectivity index (χ1n) is 12.2. The standard InChI is InChI=1S/C26H36F4/c1-2-3-17-4-6-18(7-5-17)19-8-10-20(11-9-19)21-12-13-22-15-24(26(28,29)30)25(27)16-23(22)14-21/h15-21H,2-14H2,1H3. The van der Waals surface area contributed by atoms with Crippen molar-refractivity contribution >= 4 is 0 Å². The van der Waals surface area contributed by atoms with Crippen molar-refractivity contribution in [1.82, 2.24) is 0 Å². The highest BCUT2D eigenvalue weighted by atomic mass is 19.4. The average Bonchev–Trinajstić information content (AvgIpc) is 2.73. The molecular weight excluding hydrogens is 388 g/mol. The van der Waals surface area contributed by atoms with E-state index in [1.807, 2.05) is 0 Å². The number of halogens is 4. The summed E-state index contributed by atoms with van der Waals surface area (Å²) in [4.78, 5) is 0. The van der Waals surface area contributed by atoms with E-state index in [4.69, 9.17) is 0 Å². The maximum atomic E-state index is 14.1. The van der Waals surface area contributed by atoms with Crippen LogP contribution in [-0.4, -0.2) is 0 Å². The second kappa shape index (κ2) is 9.20. The first-order chi connectivity index (χ1) is 14.3. The summed E-state index contributed by atoms with van der Waals surface area (Å²) in [5.74, 6) is 2.83. The van der Waals surface area contributed by atoms with Gasteiger partial charge in [0.2, 0.25) is 0 Å². The Balaban J connectivity index is 1.31. The zero-order valence-electron chi connectivity index (χ0n) is 18.2. The van der Waals surface area contributed by atoms with Crippen molar-refractivity contribution in [2.45, 2.75) is 96.6 Å². The molecule has 2 fully saturated rings. The lowest BCUT2D eigenvalue weighted by atomic mass is 9.65. The third-order valence-corrected chi connectivity index (χ3v) is 8.60. The summed E-state index contributed by atoms with van der Waals surface area (Å²) in [5.41, 5.74) is 0.416. The Bertz CT molecular complexity index is 706. The highest BCUT2D eigenvalue weighted by Gasteiger charge is 2.37. The van der Waals surface area contributed by atoms with Crippen LogP contribution < -0.4 is 0 Å². The molecule has 3 aliphatic carbocycles. The van der Waals surface area contributed by atoms with Gasteiger partial charge in [0.1, 0.15) is 5.82 Å². The zero-order valence-corrected chi connectivity index (χ0v) is 18.2. The van der Waals surface area contributed by atoms with Gasteiger partial charge in [-0.3, -0.25) is 0 Å². The van der Waals surface area contributed by atoms with E-state index in [1.165, 1.54) is 70.3 Å². The molecule has 0 saturated heterocycles. The molecule has 30 heavy (non-hydrogen) atoms. The summed E-state index contributed by atoms with van der Waals surface area (Å²) in [5, 5.41) is 0. The SMILES string of the molecule is CCCC1CCC(C2CCC(C3CCc4cc(C(F)(F)F)c(F)cc4C3)CC2)CC1. The average molecular weight is 425 g/mol. The molecule has 2 saturated carbocycles. The predicted molar refractivity (Wildman–Crippen MR) is 113 cm³/mol. The molecule has 1 atom stereocenters. The Hall–Kier alpha value is -1.06. The van der Waals surface area contributed by atoms with Crippen LogP contribution in [0.4, 0.5) is 17.6 Å². The molecule has 0 spiro atoms. The topological polar surface area (TPSA) is 0 Å². The lowest BCUT2D eigenvalue weighted by molar-refractivity contribution is -0.140. The number of hydrogen-bond acceptors (Lipinski definition) is 0. The number of alkyl halides is 3. The first kappa shape index (κ1) is 22.1. The highest BCUT2D eigenvalue weighted by Crippen LogP contribution is 2.46. The Kier molecular flexibility index (Phi) is 6.79. The van der Waals surface area contributed by atoms with E-state index in [-0.39, 0.29) is 0 Å². The van der Waals surface area contributed by atoms with Crippen molar-refractivity contribution < 1.29 is 17.6 Å². The summed E-state index contributed by atoms with van der Waals surface area (Å²) in [6.45, 7) is 2.29. The fourth-order valence-electron chi connectivity index (χ4n) is 6.87. The van der Waals surface area contributed by atoms with E-state index >= 15 is 0 Å². The number of aryl methyl sites for hydroxylation is 1. The molecule has 0 nitrogen and oxygen atoms in total. The van der Waals surface area contributed by atoms with Crippen molar-refractivity contribution in [1.29, 1.82) is 0 Å². The zero-order chi connectivity index (χ0) is 21.3. The molecule has 4 rings (SSSR count). The fraction of sp³-hybridized carbons (Fsp3) is 0.769. The normalized spacial score (nSPS) is 32.6. The molecule has 1 unspecified atom stereocenters. The van der Waals surface area contributed by atoms with E-state index in [9.17, 15) is 17.6 Å². The van der Waals surface area contributed by atoms with Crippen molar-refractivity contribution in [2.24, 2.45) is 29.6 Å². The monoisotopic (exact) mass is 424 g/mol. The van der Waals surface area contributed by atoms with E-state index in [2.05, 4.69) is 6.92 Å². The van der Waals surface area contributed by atoms with Gasteiger partial charge in [0.05, 0.1) is 5.56 Å². The van der Waals surface area contributed by atoms with Gasteiger partial charge in [0, 0.05) is 0 Å². The van der Waals surface area contributed by atoms with Crippen LogP contribution in [0.3, 0.4) is 0 Å². The van der Waals surface area contributed by atoms with Crippen molar-refractivity contribution in [2.75, 3.05) is 0 Å². The van der Waals surface area contributed by atoms with Gasteiger partial charge in [-0.1, -0.05) is 32.6 Å². The van der Waals surface area contributed by atoms with Gasteiger partial charge in [0.15, 0.2) is 0 Å². The van der Waals surface area contributed by atoms with E-state index in [0.29, 0.717) is 23.8 Å². The Morgan fingerprint density at radius 1 is 0.767 bits per heavy atom. The minimum atomic E-state index is -4.61. The summed E-state index contributed by atoms with van der Waals surface area (Å²) in [6.07, 6.45) is 11.3. The van der Waals surface area contributed by atoms with E-state index in [0.717, 1.165) is 42.2 Å². The molecule has 0 aromatic heterocycles. The van der Waals surface area contributed by atoms with E-state index < -0.39 is 17.6 Å². The Labute approximate surface area is 178 Å². The van der Waals surface area contributed by atoms with Crippen LogP contribution in [0.15, 0.2) is 12.1 Å². The van der Waals surface area contributed by atoms with Crippen LogP contribution in [-0.2, 0) is 19.0 Å². The Morgan fingerprint density at radius 2 is 1.33 bits per heavy atom. The molecule has 1 aromatic rings. The van der Waals surface area contributed by atoms with Gasteiger partial charge in [-0.05, 0) is 111 Å². The molecule has 3 aliphatic rings. The third-order valence-electron chi connectivity index (χ3n) is 8.60. The minimum absolute atomic E-state index is 0.509. The van der Waals surface area contributed by atoms with Gasteiger partial charge < -0.3 is 0 Å². The lowest BCUT2D eigenvalue weighted by Crippen LogP contribution is -2.30. The third kappa shape index (κ3) is 4.88. The molecule has 0 aliphatic heterocycles. The van der Waals surface area contributed by atoms with Crippen LogP contribution in [0.1, 0.15) is 94.2 Å². The van der Waals surface area contributed by atoms with Gasteiger partial charge in [-0.2, -0.15) is 13.2 Å². The predicted octanol–water partition coefficient (Wildman–Crippen LogP) is 8.36. The number of benzene rings is 1. The fourth-order valence-corrected chi connectivity index (χ4v) is 6.87. The van der Waals surface area contributed by atoms with Gasteiger partial charge >= 0.3 is 6.18 Å². The molecule has 0 bridgehead atoms.